The quantitative estimate of drug-likeness (QED) is 0.598. The molecule has 0 amide bonds. The molecule has 1 nitrogen and oxygen atoms in total. The second-order valence-corrected chi connectivity index (χ2v) is 2.71. The summed E-state index contributed by atoms with van der Waals surface area (Å²) in [6.07, 6.45) is 6.00. The van der Waals surface area contributed by atoms with Gasteiger partial charge in [0.25, 0.3) is 0 Å². The first-order valence-electron chi connectivity index (χ1n) is 3.67. The van der Waals surface area contributed by atoms with Gasteiger partial charge in [0, 0.05) is 32.7 Å². The summed E-state index contributed by atoms with van der Waals surface area (Å²) in [6.45, 7) is 5.13. The van der Waals surface area contributed by atoms with Crippen molar-refractivity contribution in [2.24, 2.45) is 0 Å². The van der Waals surface area contributed by atoms with Crippen molar-refractivity contribution in [3.63, 3.8) is 0 Å². The van der Waals surface area contributed by atoms with Crippen molar-refractivity contribution >= 4 is 0 Å². The maximum absolute atomic E-state index is 3.89. The molecule has 10 heavy (non-hydrogen) atoms. The minimum absolute atomic E-state index is 0. The Balaban J connectivity index is 0.000000810. The first-order valence-corrected chi connectivity index (χ1v) is 3.67. The number of piperidine rings is 1. The van der Waals surface area contributed by atoms with Gasteiger partial charge >= 0.3 is 0 Å². The van der Waals surface area contributed by atoms with Crippen molar-refractivity contribution in [3.8, 4) is 0 Å². The molecule has 1 saturated heterocycles. The van der Waals surface area contributed by atoms with Crippen LogP contribution in [0.3, 0.4) is 0 Å². The summed E-state index contributed by atoms with van der Waals surface area (Å²) < 4.78 is 0. The van der Waals surface area contributed by atoms with E-state index >= 15 is 0 Å². The molecule has 1 heterocycles. The maximum Gasteiger partial charge on any atom is 0 e. The molecular weight excluding hydrogens is 199 g/mol. The molecule has 0 N–H and O–H groups in total. The molecule has 0 aromatic carbocycles. The molecule has 0 saturated carbocycles. The largest absolute Gasteiger partial charge is 0.344 e. The van der Waals surface area contributed by atoms with E-state index in [0.717, 1.165) is 6.42 Å². The van der Waals surface area contributed by atoms with E-state index < -0.39 is 0 Å². The van der Waals surface area contributed by atoms with Crippen molar-refractivity contribution in [2.75, 3.05) is 13.6 Å². The van der Waals surface area contributed by atoms with Gasteiger partial charge < -0.3 is 18.2 Å². The van der Waals surface area contributed by atoms with E-state index in [1.165, 1.54) is 19.4 Å². The molecule has 1 aliphatic heterocycles. The molecule has 0 aromatic heterocycles. The molecule has 1 fully saturated rings. The van der Waals surface area contributed by atoms with E-state index in [2.05, 4.69) is 25.3 Å². The van der Waals surface area contributed by atoms with E-state index in [9.17, 15) is 0 Å². The molecule has 0 aliphatic carbocycles. The molecule has 0 aromatic rings. The fourth-order valence-corrected chi connectivity index (χ4v) is 1.33. The van der Waals surface area contributed by atoms with E-state index in [-0.39, 0.29) is 32.7 Å². The van der Waals surface area contributed by atoms with Crippen LogP contribution in [0.4, 0.5) is 0 Å². The molecule has 57 valence electrons. The van der Waals surface area contributed by atoms with Crippen molar-refractivity contribution in [3.05, 3.63) is 13.3 Å². The molecule has 1 aliphatic rings. The molecule has 2 heteroatoms. The Morgan fingerprint density at radius 3 is 2.80 bits per heavy atom. The Kier molecular flexibility index (Phi) is 6.29. The van der Waals surface area contributed by atoms with Crippen molar-refractivity contribution < 1.29 is 32.7 Å². The van der Waals surface area contributed by atoms with Crippen LogP contribution < -0.4 is 0 Å². The average Bonchev–Trinajstić information content (AvgIpc) is 1.89. The zero-order valence-corrected chi connectivity index (χ0v) is 9.55. The summed E-state index contributed by atoms with van der Waals surface area (Å²) >= 11 is 0. The van der Waals surface area contributed by atoms with Gasteiger partial charge in [-0.1, -0.05) is 6.42 Å². The van der Waals surface area contributed by atoms with Crippen LogP contribution in [0.2, 0.25) is 0 Å². The normalized spacial score (nSPS) is 27.6. The number of likely N-dealkylation sites (tertiary alicyclic amines) is 1. The van der Waals surface area contributed by atoms with Crippen molar-refractivity contribution in [1.29, 1.82) is 0 Å². The Hall–Kier alpha value is 1.06. The Morgan fingerprint density at radius 2 is 2.40 bits per heavy atom. The topological polar surface area (TPSA) is 3.24 Å². The predicted octanol–water partition coefficient (Wildman–Crippen LogP) is 1.51. The molecule has 0 spiro atoms. The van der Waals surface area contributed by atoms with Crippen LogP contribution in [-0.2, 0) is 32.7 Å². The van der Waals surface area contributed by atoms with Crippen LogP contribution in [0.25, 0.3) is 0 Å². The van der Waals surface area contributed by atoms with Gasteiger partial charge in [0.1, 0.15) is 0 Å². The summed E-state index contributed by atoms with van der Waals surface area (Å²) in [5.41, 5.74) is 0. The Morgan fingerprint density at radius 1 is 1.70 bits per heavy atom. The van der Waals surface area contributed by atoms with E-state index in [1.807, 2.05) is 0 Å². The zero-order valence-electron chi connectivity index (χ0n) is 6.71. The maximum atomic E-state index is 3.89. The number of hydrogen-bond acceptors (Lipinski definition) is 1. The van der Waals surface area contributed by atoms with Crippen molar-refractivity contribution in [1.82, 2.24) is 4.90 Å². The Bertz CT molecular complexity index is 85.3. The minimum Gasteiger partial charge on any atom is -0.344 e. The third-order valence-corrected chi connectivity index (χ3v) is 2.02. The minimum atomic E-state index is 0. The van der Waals surface area contributed by atoms with Crippen LogP contribution in [0.5, 0.6) is 0 Å². The number of nitrogens with zero attached hydrogens (tertiary/aromatic N) is 1. The fraction of sp³-hybridized carbons (Fsp3) is 0.750. The van der Waals surface area contributed by atoms with Crippen LogP contribution >= 0.6 is 0 Å². The van der Waals surface area contributed by atoms with Crippen molar-refractivity contribution in [2.45, 2.75) is 25.3 Å². The average molecular weight is 214 g/mol. The van der Waals surface area contributed by atoms with Crippen LogP contribution in [0.1, 0.15) is 19.3 Å². The standard InChI is InChI=1S/C8H15N.Y/c1-3-8-6-4-5-7-9(8)2;/h6,8H,1,3-5,7H2,2H3;/q-2;. The molecule has 1 rings (SSSR count). The summed E-state index contributed by atoms with van der Waals surface area (Å²) in [5.74, 6) is 0. The van der Waals surface area contributed by atoms with E-state index in [1.54, 1.807) is 0 Å². The number of rotatable bonds is 1. The molecular formula is C8H15NY-2. The van der Waals surface area contributed by atoms with Gasteiger partial charge in [-0.25, -0.2) is 0 Å². The summed E-state index contributed by atoms with van der Waals surface area (Å²) in [6, 6.07) is 0.652. The zero-order chi connectivity index (χ0) is 6.69. The summed E-state index contributed by atoms with van der Waals surface area (Å²) in [5, 5.41) is 0. The van der Waals surface area contributed by atoms with E-state index in [0.29, 0.717) is 6.04 Å². The van der Waals surface area contributed by atoms with E-state index in [4.69, 9.17) is 0 Å². The smallest absolute Gasteiger partial charge is 0 e. The monoisotopic (exact) mass is 214 g/mol. The van der Waals surface area contributed by atoms with Crippen LogP contribution in [0, 0.1) is 13.3 Å². The fourth-order valence-electron chi connectivity index (χ4n) is 1.33. The predicted molar refractivity (Wildman–Crippen MR) is 39.9 cm³/mol. The van der Waals surface area contributed by atoms with Gasteiger partial charge in [-0.3, -0.25) is 0 Å². The molecule has 1 radical (unpaired) electrons. The van der Waals surface area contributed by atoms with Crippen LogP contribution in [-0.4, -0.2) is 24.5 Å². The first kappa shape index (κ1) is 11.1. The van der Waals surface area contributed by atoms with Gasteiger partial charge in [0.05, 0.1) is 0 Å². The second-order valence-electron chi connectivity index (χ2n) is 2.71. The van der Waals surface area contributed by atoms with Crippen LogP contribution in [0.15, 0.2) is 0 Å². The van der Waals surface area contributed by atoms with Gasteiger partial charge in [-0.15, -0.1) is 6.04 Å². The molecule has 1 unspecified atom stereocenters. The second kappa shape index (κ2) is 5.68. The van der Waals surface area contributed by atoms with Gasteiger partial charge in [0.15, 0.2) is 0 Å². The summed E-state index contributed by atoms with van der Waals surface area (Å²) in [7, 11) is 2.17. The SMILES string of the molecule is [CH2-]CC1[CH-]CCCN1C.[Y]. The van der Waals surface area contributed by atoms with Gasteiger partial charge in [0.2, 0.25) is 0 Å². The van der Waals surface area contributed by atoms with Gasteiger partial charge in [-0.05, 0) is 13.6 Å². The number of hydrogen-bond donors (Lipinski definition) is 0. The molecule has 1 atom stereocenters. The third-order valence-electron chi connectivity index (χ3n) is 2.02. The Labute approximate surface area is 89.4 Å². The first-order chi connectivity index (χ1) is 4.34. The third kappa shape index (κ3) is 2.98. The molecule has 0 bridgehead atoms. The van der Waals surface area contributed by atoms with Gasteiger partial charge in [-0.2, -0.15) is 12.8 Å². The summed E-state index contributed by atoms with van der Waals surface area (Å²) in [4.78, 5) is 2.37.